The number of carbonyl (C=O) groups is 1. The molecule has 1 fully saturated rings. The molecule has 13 heteroatoms. The second-order valence-corrected chi connectivity index (χ2v) is 7.78. The summed E-state index contributed by atoms with van der Waals surface area (Å²) in [5.74, 6) is -5.24. The molecule has 0 spiro atoms. The number of halogens is 4. The number of nitrogens with zero attached hydrogens (tertiary/aromatic N) is 4. The van der Waals surface area contributed by atoms with Gasteiger partial charge in [0.05, 0.1) is 17.8 Å². The van der Waals surface area contributed by atoms with E-state index in [4.69, 9.17) is 16.3 Å². The van der Waals surface area contributed by atoms with E-state index in [1.165, 1.54) is 18.5 Å². The standard InChI is InChI=1S/C20H16ClF3N4O5/c21-10-1-9(4-25-5-10)17(30)20-19(32)16(18(31)14(7-29)33-20)28-6-13(26-27-28)8-2-11(22)15(24)12(23)3-8/h1-6,14,16,18-20,29,31-32H,7H2/t14?,16-,18-,19?,20+/m0/s1. The zero-order valence-corrected chi connectivity index (χ0v) is 17.3. The van der Waals surface area contributed by atoms with Crippen LogP contribution in [0, 0.1) is 17.5 Å². The van der Waals surface area contributed by atoms with E-state index in [-0.39, 0.29) is 21.8 Å². The number of aromatic nitrogens is 4. The average Bonchev–Trinajstić information content (AvgIpc) is 3.27. The number of ether oxygens (including phenoxy) is 1. The number of rotatable bonds is 5. The maximum Gasteiger partial charge on any atom is 0.195 e. The van der Waals surface area contributed by atoms with Crippen LogP contribution in [0.5, 0.6) is 0 Å². The molecule has 0 bridgehead atoms. The third-order valence-electron chi connectivity index (χ3n) is 5.24. The first-order valence-electron chi connectivity index (χ1n) is 9.55. The number of aliphatic hydroxyl groups excluding tert-OH is 3. The van der Waals surface area contributed by atoms with Gasteiger partial charge < -0.3 is 20.1 Å². The molecule has 0 saturated carbocycles. The van der Waals surface area contributed by atoms with Crippen molar-refractivity contribution >= 4 is 17.4 Å². The van der Waals surface area contributed by atoms with Crippen molar-refractivity contribution < 1.29 is 38.0 Å². The molecular formula is C20H16ClF3N4O5. The number of carbonyl (C=O) groups excluding carboxylic acids is 1. The highest BCUT2D eigenvalue weighted by Crippen LogP contribution is 2.32. The summed E-state index contributed by atoms with van der Waals surface area (Å²) in [6, 6.07) is 1.39. The van der Waals surface area contributed by atoms with Crippen LogP contribution in [0.3, 0.4) is 0 Å². The quantitative estimate of drug-likeness (QED) is 0.365. The summed E-state index contributed by atoms with van der Waals surface area (Å²) in [6.45, 7) is -0.697. The molecule has 9 nitrogen and oxygen atoms in total. The van der Waals surface area contributed by atoms with E-state index >= 15 is 0 Å². The van der Waals surface area contributed by atoms with Crippen molar-refractivity contribution in [1.29, 1.82) is 0 Å². The summed E-state index contributed by atoms with van der Waals surface area (Å²) < 4.78 is 46.8. The molecule has 2 aromatic heterocycles. The molecule has 0 amide bonds. The van der Waals surface area contributed by atoms with Crippen LogP contribution in [0.1, 0.15) is 16.4 Å². The molecule has 33 heavy (non-hydrogen) atoms. The first-order valence-corrected chi connectivity index (χ1v) is 9.93. The smallest absolute Gasteiger partial charge is 0.195 e. The van der Waals surface area contributed by atoms with Crippen LogP contribution in [0.4, 0.5) is 13.2 Å². The van der Waals surface area contributed by atoms with E-state index in [2.05, 4.69) is 15.3 Å². The number of hydrogen-bond donors (Lipinski definition) is 3. The minimum Gasteiger partial charge on any atom is -0.394 e. The van der Waals surface area contributed by atoms with Crippen molar-refractivity contribution in [1.82, 2.24) is 20.0 Å². The normalized spacial score (nSPS) is 25.2. The van der Waals surface area contributed by atoms with Crippen LogP contribution in [-0.4, -0.2) is 72.1 Å². The predicted octanol–water partition coefficient (Wildman–Crippen LogP) is 1.32. The lowest BCUT2D eigenvalue weighted by atomic mass is 9.89. The highest BCUT2D eigenvalue weighted by Gasteiger charge is 2.48. The predicted molar refractivity (Wildman–Crippen MR) is 106 cm³/mol. The van der Waals surface area contributed by atoms with Gasteiger partial charge in [-0.2, -0.15) is 0 Å². The Morgan fingerprint density at radius 1 is 1.12 bits per heavy atom. The molecule has 1 aliphatic rings. The summed E-state index contributed by atoms with van der Waals surface area (Å²) >= 11 is 5.86. The minimum absolute atomic E-state index is 0.0231. The molecule has 1 saturated heterocycles. The van der Waals surface area contributed by atoms with E-state index < -0.39 is 60.3 Å². The number of pyridine rings is 1. The van der Waals surface area contributed by atoms with Gasteiger partial charge in [-0.1, -0.05) is 16.8 Å². The molecule has 3 heterocycles. The van der Waals surface area contributed by atoms with Gasteiger partial charge in [0.25, 0.3) is 0 Å². The second kappa shape index (κ2) is 9.15. The molecule has 0 radical (unpaired) electrons. The lowest BCUT2D eigenvalue weighted by molar-refractivity contribution is -0.190. The van der Waals surface area contributed by atoms with Gasteiger partial charge in [0.1, 0.15) is 36.2 Å². The van der Waals surface area contributed by atoms with Crippen LogP contribution < -0.4 is 0 Å². The summed E-state index contributed by atoms with van der Waals surface area (Å²) in [6.07, 6.45) is -2.38. The molecular weight excluding hydrogens is 469 g/mol. The number of benzene rings is 1. The second-order valence-electron chi connectivity index (χ2n) is 7.34. The van der Waals surface area contributed by atoms with E-state index in [9.17, 15) is 33.3 Å². The maximum atomic E-state index is 13.6. The van der Waals surface area contributed by atoms with Crippen molar-refractivity contribution in [3.05, 3.63) is 64.8 Å². The number of Topliss-reactive ketones (excluding diaryl/α,β-unsaturated/α-hetero) is 1. The molecule has 3 aromatic rings. The van der Waals surface area contributed by atoms with Crippen LogP contribution in [0.2, 0.25) is 5.02 Å². The molecule has 2 unspecified atom stereocenters. The zero-order chi connectivity index (χ0) is 23.9. The Hall–Kier alpha value is -2.90. The average molecular weight is 485 g/mol. The summed E-state index contributed by atoms with van der Waals surface area (Å²) in [5.41, 5.74) is -0.221. The van der Waals surface area contributed by atoms with Crippen molar-refractivity contribution in [2.45, 2.75) is 30.5 Å². The van der Waals surface area contributed by atoms with E-state index in [1.807, 2.05) is 0 Å². The first-order chi connectivity index (χ1) is 15.7. The fourth-order valence-corrected chi connectivity index (χ4v) is 3.77. The monoisotopic (exact) mass is 484 g/mol. The highest BCUT2D eigenvalue weighted by atomic mass is 35.5. The number of aliphatic hydroxyl groups is 3. The Morgan fingerprint density at radius 3 is 2.45 bits per heavy atom. The molecule has 5 atom stereocenters. The van der Waals surface area contributed by atoms with Gasteiger partial charge in [-0.05, 0) is 18.2 Å². The highest BCUT2D eigenvalue weighted by molar-refractivity contribution is 6.30. The maximum absolute atomic E-state index is 13.6. The molecule has 0 aliphatic carbocycles. The Labute approximate surface area is 189 Å². The fraction of sp³-hybridized carbons (Fsp3) is 0.300. The van der Waals surface area contributed by atoms with Gasteiger partial charge >= 0.3 is 0 Å². The lowest BCUT2D eigenvalue weighted by Crippen LogP contribution is -2.58. The van der Waals surface area contributed by atoms with Crippen LogP contribution in [0.15, 0.2) is 36.8 Å². The van der Waals surface area contributed by atoms with Crippen molar-refractivity contribution in [3.8, 4) is 11.3 Å². The molecule has 1 aliphatic heterocycles. The largest absolute Gasteiger partial charge is 0.394 e. The Balaban J connectivity index is 1.68. The molecule has 1 aromatic carbocycles. The first kappa shape index (κ1) is 23.3. The van der Waals surface area contributed by atoms with Crippen molar-refractivity contribution in [2.75, 3.05) is 6.61 Å². The Morgan fingerprint density at radius 2 is 1.82 bits per heavy atom. The van der Waals surface area contributed by atoms with Gasteiger partial charge in [0, 0.05) is 23.5 Å². The summed E-state index contributed by atoms with van der Waals surface area (Å²) in [4.78, 5) is 16.7. The van der Waals surface area contributed by atoms with E-state index in [0.29, 0.717) is 12.1 Å². The van der Waals surface area contributed by atoms with Gasteiger partial charge in [-0.15, -0.1) is 5.10 Å². The Bertz CT molecular complexity index is 1170. The third-order valence-corrected chi connectivity index (χ3v) is 5.44. The minimum atomic E-state index is -1.68. The van der Waals surface area contributed by atoms with Gasteiger partial charge in [0.15, 0.2) is 23.2 Å². The molecule has 3 N–H and O–H groups in total. The number of ketones is 1. The summed E-state index contributed by atoms with van der Waals surface area (Å²) in [7, 11) is 0. The van der Waals surface area contributed by atoms with Crippen LogP contribution in [0.25, 0.3) is 11.3 Å². The molecule has 174 valence electrons. The third kappa shape index (κ3) is 4.35. The van der Waals surface area contributed by atoms with Gasteiger partial charge in [-0.25, -0.2) is 17.9 Å². The van der Waals surface area contributed by atoms with E-state index in [0.717, 1.165) is 10.9 Å². The van der Waals surface area contributed by atoms with Crippen LogP contribution in [-0.2, 0) is 4.74 Å². The van der Waals surface area contributed by atoms with Gasteiger partial charge in [0.2, 0.25) is 0 Å². The topological polar surface area (TPSA) is 131 Å². The lowest BCUT2D eigenvalue weighted by Gasteiger charge is -2.41. The summed E-state index contributed by atoms with van der Waals surface area (Å²) in [5, 5.41) is 38.8. The fourth-order valence-electron chi connectivity index (χ4n) is 3.60. The van der Waals surface area contributed by atoms with Crippen LogP contribution >= 0.6 is 11.6 Å². The zero-order valence-electron chi connectivity index (χ0n) is 16.5. The van der Waals surface area contributed by atoms with Crippen molar-refractivity contribution in [3.63, 3.8) is 0 Å². The van der Waals surface area contributed by atoms with Crippen molar-refractivity contribution in [2.24, 2.45) is 0 Å². The number of hydrogen-bond acceptors (Lipinski definition) is 8. The Kier molecular flexibility index (Phi) is 6.45. The van der Waals surface area contributed by atoms with Gasteiger partial charge in [-0.3, -0.25) is 9.78 Å². The molecule has 4 rings (SSSR count). The van der Waals surface area contributed by atoms with E-state index in [1.54, 1.807) is 0 Å². The SMILES string of the molecule is O=C(c1cncc(Cl)c1)[C@H]1OC(CO)[C@H](O)[C@H](n2cc(-c3cc(F)c(F)c(F)c3)nn2)C1O.